The Morgan fingerprint density at radius 3 is 2.42 bits per heavy atom. The Labute approximate surface area is 114 Å². The van der Waals surface area contributed by atoms with E-state index < -0.39 is 0 Å². The predicted octanol–water partition coefficient (Wildman–Crippen LogP) is 2.20. The number of hydrogen-bond acceptors (Lipinski definition) is 5. The van der Waals surface area contributed by atoms with Gasteiger partial charge in [-0.05, 0) is 31.1 Å². The number of hydrogen-bond donors (Lipinski definition) is 1. The van der Waals surface area contributed by atoms with Gasteiger partial charge in [0.1, 0.15) is 5.60 Å². The quantitative estimate of drug-likeness (QED) is 0.908. The minimum absolute atomic E-state index is 0.339. The molecule has 0 bridgehead atoms. The van der Waals surface area contributed by atoms with Crippen molar-refractivity contribution in [2.75, 3.05) is 20.2 Å². The molecule has 0 atom stereocenters. The van der Waals surface area contributed by atoms with E-state index in [9.17, 15) is 0 Å². The summed E-state index contributed by atoms with van der Waals surface area (Å²) in [7, 11) is 1.76. The highest BCUT2D eigenvalue weighted by Gasteiger charge is 2.43. The molecule has 0 radical (unpaired) electrons. The summed E-state index contributed by atoms with van der Waals surface area (Å²) >= 11 is 0. The fourth-order valence-corrected chi connectivity index (χ4v) is 2.90. The molecule has 0 spiro atoms. The summed E-state index contributed by atoms with van der Waals surface area (Å²) in [5, 5.41) is 7.42. The molecule has 1 aliphatic carbocycles. The molecule has 2 fully saturated rings. The molecule has 5 heteroatoms. The van der Waals surface area contributed by atoms with Crippen LogP contribution in [0.15, 0.2) is 4.52 Å². The van der Waals surface area contributed by atoms with Crippen molar-refractivity contribution in [3.63, 3.8) is 0 Å². The second-order valence-electron chi connectivity index (χ2n) is 6.67. The monoisotopic (exact) mass is 265 g/mol. The molecular weight excluding hydrogens is 242 g/mol. The lowest BCUT2D eigenvalue weighted by Gasteiger charge is -2.40. The first-order valence-corrected chi connectivity index (χ1v) is 7.15. The van der Waals surface area contributed by atoms with Crippen molar-refractivity contribution >= 4 is 0 Å². The summed E-state index contributed by atoms with van der Waals surface area (Å²) in [6, 6.07) is 0. The van der Waals surface area contributed by atoms with E-state index in [1.54, 1.807) is 7.11 Å². The van der Waals surface area contributed by atoms with Gasteiger partial charge in [-0.15, -0.1) is 0 Å². The fraction of sp³-hybridized carbons (Fsp3) is 0.857. The van der Waals surface area contributed by atoms with Crippen molar-refractivity contribution in [3.8, 4) is 0 Å². The molecule has 1 aromatic rings. The Balaban J connectivity index is 1.80. The molecule has 1 saturated heterocycles. The SMILES string of the molecule is COC1(c2noc(C3CNC3)n2)CCC(C)(C)CC1. The summed E-state index contributed by atoms with van der Waals surface area (Å²) in [6.45, 7) is 6.51. The van der Waals surface area contributed by atoms with Crippen LogP contribution in [0, 0.1) is 5.41 Å². The third-order valence-electron chi connectivity index (χ3n) is 4.78. The average molecular weight is 265 g/mol. The Morgan fingerprint density at radius 1 is 1.21 bits per heavy atom. The van der Waals surface area contributed by atoms with Gasteiger partial charge in [-0.2, -0.15) is 4.98 Å². The highest BCUT2D eigenvalue weighted by Crippen LogP contribution is 2.46. The molecule has 0 amide bonds. The first-order chi connectivity index (χ1) is 9.05. The predicted molar refractivity (Wildman–Crippen MR) is 70.8 cm³/mol. The van der Waals surface area contributed by atoms with Gasteiger partial charge in [-0.1, -0.05) is 19.0 Å². The van der Waals surface area contributed by atoms with Gasteiger partial charge >= 0.3 is 0 Å². The molecule has 3 rings (SSSR count). The van der Waals surface area contributed by atoms with Gasteiger partial charge < -0.3 is 14.6 Å². The molecule has 106 valence electrons. The second-order valence-corrected chi connectivity index (χ2v) is 6.67. The lowest BCUT2D eigenvalue weighted by molar-refractivity contribution is -0.0740. The van der Waals surface area contributed by atoms with Crippen LogP contribution in [-0.4, -0.2) is 30.3 Å². The molecule has 0 unspecified atom stereocenters. The lowest BCUT2D eigenvalue weighted by Crippen LogP contribution is -2.40. The smallest absolute Gasteiger partial charge is 0.232 e. The standard InChI is InChI=1S/C14H23N3O2/c1-13(2)4-6-14(18-3,7-5-13)12-16-11(19-17-12)10-8-15-9-10/h10,15H,4-9H2,1-3H3. The number of rotatable bonds is 3. The Kier molecular flexibility index (Phi) is 3.14. The summed E-state index contributed by atoms with van der Waals surface area (Å²) in [6.07, 6.45) is 4.21. The van der Waals surface area contributed by atoms with Crippen LogP contribution in [0.2, 0.25) is 0 Å². The molecule has 1 aliphatic heterocycles. The van der Waals surface area contributed by atoms with Crippen LogP contribution in [0.25, 0.3) is 0 Å². The van der Waals surface area contributed by atoms with E-state index >= 15 is 0 Å². The van der Waals surface area contributed by atoms with Gasteiger partial charge in [0.25, 0.3) is 0 Å². The van der Waals surface area contributed by atoms with Crippen molar-refractivity contribution in [1.82, 2.24) is 15.5 Å². The molecule has 1 N–H and O–H groups in total. The molecular formula is C14H23N3O2. The Bertz CT molecular complexity index is 441. The topological polar surface area (TPSA) is 60.2 Å². The lowest BCUT2D eigenvalue weighted by atomic mass is 9.70. The van der Waals surface area contributed by atoms with E-state index in [4.69, 9.17) is 9.26 Å². The molecule has 1 saturated carbocycles. The van der Waals surface area contributed by atoms with Crippen LogP contribution in [0.1, 0.15) is 57.2 Å². The highest BCUT2D eigenvalue weighted by molar-refractivity contribution is 5.08. The molecule has 0 aromatic carbocycles. The van der Waals surface area contributed by atoms with Crippen LogP contribution < -0.4 is 5.32 Å². The number of nitrogens with one attached hydrogen (secondary N) is 1. The maximum Gasteiger partial charge on any atom is 0.232 e. The van der Waals surface area contributed by atoms with Crippen molar-refractivity contribution in [2.45, 2.75) is 51.0 Å². The van der Waals surface area contributed by atoms with Crippen LogP contribution in [0.3, 0.4) is 0 Å². The zero-order valence-corrected chi connectivity index (χ0v) is 12.0. The van der Waals surface area contributed by atoms with E-state index in [-0.39, 0.29) is 5.60 Å². The van der Waals surface area contributed by atoms with Crippen LogP contribution >= 0.6 is 0 Å². The third-order valence-corrected chi connectivity index (χ3v) is 4.78. The van der Waals surface area contributed by atoms with Gasteiger partial charge in [0.05, 0.1) is 5.92 Å². The van der Waals surface area contributed by atoms with Crippen molar-refractivity contribution in [2.24, 2.45) is 5.41 Å². The summed E-state index contributed by atoms with van der Waals surface area (Å²) in [4.78, 5) is 4.60. The highest BCUT2D eigenvalue weighted by atomic mass is 16.5. The summed E-state index contributed by atoms with van der Waals surface area (Å²) in [5.41, 5.74) is 0.0565. The first kappa shape index (κ1) is 13.1. The van der Waals surface area contributed by atoms with Crippen LogP contribution in [0.5, 0.6) is 0 Å². The number of methoxy groups -OCH3 is 1. The van der Waals surface area contributed by atoms with Crippen molar-refractivity contribution in [1.29, 1.82) is 0 Å². The van der Waals surface area contributed by atoms with E-state index in [2.05, 4.69) is 29.3 Å². The molecule has 19 heavy (non-hydrogen) atoms. The average Bonchev–Trinajstić information content (AvgIpc) is 2.77. The Hall–Kier alpha value is -0.940. The number of nitrogens with zero attached hydrogens (tertiary/aromatic N) is 2. The van der Waals surface area contributed by atoms with Gasteiger partial charge in [0, 0.05) is 20.2 Å². The number of aromatic nitrogens is 2. The minimum Gasteiger partial charge on any atom is -0.370 e. The molecule has 2 heterocycles. The minimum atomic E-state index is -0.339. The molecule has 2 aliphatic rings. The zero-order valence-electron chi connectivity index (χ0n) is 12.0. The zero-order chi connectivity index (χ0) is 13.5. The van der Waals surface area contributed by atoms with E-state index in [0.29, 0.717) is 11.3 Å². The van der Waals surface area contributed by atoms with Gasteiger partial charge in [0.2, 0.25) is 11.7 Å². The number of ether oxygens (including phenoxy) is 1. The normalized spacial score (nSPS) is 26.1. The largest absolute Gasteiger partial charge is 0.370 e. The summed E-state index contributed by atoms with van der Waals surface area (Å²) < 4.78 is 11.2. The second kappa shape index (κ2) is 4.56. The maximum atomic E-state index is 5.80. The van der Waals surface area contributed by atoms with Gasteiger partial charge in [0.15, 0.2) is 0 Å². The molecule has 1 aromatic heterocycles. The fourth-order valence-electron chi connectivity index (χ4n) is 2.90. The van der Waals surface area contributed by atoms with Crippen LogP contribution in [-0.2, 0) is 10.3 Å². The molecule has 5 nitrogen and oxygen atoms in total. The van der Waals surface area contributed by atoms with E-state index in [0.717, 1.165) is 50.5 Å². The van der Waals surface area contributed by atoms with Crippen molar-refractivity contribution < 1.29 is 9.26 Å². The van der Waals surface area contributed by atoms with E-state index in [1.807, 2.05) is 0 Å². The first-order valence-electron chi connectivity index (χ1n) is 7.15. The maximum absolute atomic E-state index is 5.80. The Morgan fingerprint density at radius 2 is 1.89 bits per heavy atom. The summed E-state index contributed by atoms with van der Waals surface area (Å²) in [5.74, 6) is 1.89. The van der Waals surface area contributed by atoms with Gasteiger partial charge in [-0.25, -0.2) is 0 Å². The van der Waals surface area contributed by atoms with Crippen molar-refractivity contribution in [3.05, 3.63) is 11.7 Å². The van der Waals surface area contributed by atoms with Gasteiger partial charge in [-0.3, -0.25) is 0 Å². The van der Waals surface area contributed by atoms with E-state index in [1.165, 1.54) is 0 Å². The third kappa shape index (κ3) is 2.30. The van der Waals surface area contributed by atoms with Crippen LogP contribution in [0.4, 0.5) is 0 Å².